The highest BCUT2D eigenvalue weighted by atomic mass is 79.9. The maximum Gasteiger partial charge on any atom is 0.422 e. The summed E-state index contributed by atoms with van der Waals surface area (Å²) < 4.78 is 40.8. The molecule has 1 aromatic rings. The Morgan fingerprint density at radius 2 is 2.00 bits per heavy atom. The largest absolute Gasteiger partial charge is 0.484 e. The number of hydrogen-bond donors (Lipinski definition) is 1. The Balaban J connectivity index is 2.76. The van der Waals surface area contributed by atoms with Gasteiger partial charge in [-0.05, 0) is 18.2 Å². The molecule has 0 saturated carbocycles. The number of ether oxygens (including phenoxy) is 1. The van der Waals surface area contributed by atoms with Crippen molar-refractivity contribution >= 4 is 15.9 Å². The second-order valence-electron chi connectivity index (χ2n) is 2.81. The minimum Gasteiger partial charge on any atom is -0.484 e. The highest BCUT2D eigenvalue weighted by molar-refractivity contribution is 9.10. The van der Waals surface area contributed by atoms with Crippen molar-refractivity contribution in [2.24, 2.45) is 0 Å². The second-order valence-corrected chi connectivity index (χ2v) is 3.73. The minimum atomic E-state index is -4.38. The van der Waals surface area contributed by atoms with Crippen molar-refractivity contribution in [3.8, 4) is 5.75 Å². The Kier molecular flexibility index (Phi) is 3.98. The number of rotatable bonds is 3. The lowest BCUT2D eigenvalue weighted by Gasteiger charge is -2.12. The van der Waals surface area contributed by atoms with Gasteiger partial charge in [0.15, 0.2) is 6.61 Å². The molecule has 15 heavy (non-hydrogen) atoms. The van der Waals surface area contributed by atoms with Crippen LogP contribution in [0.3, 0.4) is 0 Å². The number of hydrogen-bond acceptors (Lipinski definition) is 2. The van der Waals surface area contributed by atoms with Crippen LogP contribution in [0.5, 0.6) is 5.75 Å². The van der Waals surface area contributed by atoms with Gasteiger partial charge >= 0.3 is 6.18 Å². The first-order valence-corrected chi connectivity index (χ1v) is 4.80. The van der Waals surface area contributed by atoms with E-state index in [-0.39, 0.29) is 12.4 Å². The van der Waals surface area contributed by atoms with Gasteiger partial charge in [-0.15, -0.1) is 0 Å². The van der Waals surface area contributed by atoms with Gasteiger partial charge in [0.05, 0.1) is 6.61 Å². The Labute approximate surface area is 92.8 Å². The molecular weight excluding hydrogens is 277 g/mol. The van der Waals surface area contributed by atoms with Crippen molar-refractivity contribution in [2.75, 3.05) is 6.61 Å². The third kappa shape index (κ3) is 4.09. The van der Waals surface area contributed by atoms with Crippen LogP contribution in [0.4, 0.5) is 13.2 Å². The average molecular weight is 285 g/mol. The van der Waals surface area contributed by atoms with Crippen molar-refractivity contribution in [1.82, 2.24) is 0 Å². The van der Waals surface area contributed by atoms with Crippen molar-refractivity contribution in [2.45, 2.75) is 12.8 Å². The Morgan fingerprint density at radius 3 is 2.53 bits per heavy atom. The number of benzene rings is 1. The quantitative estimate of drug-likeness (QED) is 0.925. The van der Waals surface area contributed by atoms with E-state index in [1.165, 1.54) is 12.1 Å². The van der Waals surface area contributed by atoms with Gasteiger partial charge in [0.2, 0.25) is 0 Å². The monoisotopic (exact) mass is 284 g/mol. The van der Waals surface area contributed by atoms with Crippen LogP contribution in [-0.2, 0) is 6.61 Å². The topological polar surface area (TPSA) is 29.5 Å². The van der Waals surface area contributed by atoms with Crippen molar-refractivity contribution in [3.05, 3.63) is 28.2 Å². The lowest BCUT2D eigenvalue weighted by atomic mass is 10.2. The summed E-state index contributed by atoms with van der Waals surface area (Å²) in [6, 6.07) is 4.43. The van der Waals surface area contributed by atoms with E-state index in [0.29, 0.717) is 10.0 Å². The van der Waals surface area contributed by atoms with E-state index in [0.717, 1.165) is 0 Å². The van der Waals surface area contributed by atoms with Crippen LogP contribution >= 0.6 is 15.9 Å². The fourth-order valence-electron chi connectivity index (χ4n) is 0.972. The van der Waals surface area contributed by atoms with Crippen molar-refractivity contribution in [3.63, 3.8) is 0 Å². The van der Waals surface area contributed by atoms with Gasteiger partial charge in [-0.2, -0.15) is 13.2 Å². The third-order valence-electron chi connectivity index (χ3n) is 1.58. The number of aliphatic hydroxyl groups excluding tert-OH is 1. The van der Waals surface area contributed by atoms with Crippen LogP contribution in [-0.4, -0.2) is 17.9 Å². The molecule has 0 aliphatic rings. The molecule has 6 heteroatoms. The molecule has 2 nitrogen and oxygen atoms in total. The Hall–Kier alpha value is -0.750. The summed E-state index contributed by atoms with van der Waals surface area (Å²) in [6.07, 6.45) is -4.38. The lowest BCUT2D eigenvalue weighted by Crippen LogP contribution is -2.19. The predicted molar refractivity (Wildman–Crippen MR) is 51.6 cm³/mol. The molecule has 1 aromatic carbocycles. The van der Waals surface area contributed by atoms with Crippen LogP contribution in [0, 0.1) is 0 Å². The van der Waals surface area contributed by atoms with Gasteiger partial charge < -0.3 is 9.84 Å². The summed E-state index contributed by atoms with van der Waals surface area (Å²) in [5, 5.41) is 8.89. The molecule has 0 atom stereocenters. The highest BCUT2D eigenvalue weighted by Gasteiger charge is 2.28. The normalized spacial score (nSPS) is 11.5. The van der Waals surface area contributed by atoms with Gasteiger partial charge in [0.1, 0.15) is 5.75 Å². The summed E-state index contributed by atoms with van der Waals surface area (Å²) in [4.78, 5) is 0. The summed E-state index contributed by atoms with van der Waals surface area (Å²) in [5.41, 5.74) is 0.314. The molecule has 84 valence electrons. The molecular formula is C9H8BrF3O2. The van der Waals surface area contributed by atoms with Gasteiger partial charge in [-0.3, -0.25) is 0 Å². The fraction of sp³-hybridized carbons (Fsp3) is 0.333. The van der Waals surface area contributed by atoms with Gasteiger partial charge in [-0.25, -0.2) is 0 Å². The van der Waals surface area contributed by atoms with Gasteiger partial charge in [0.25, 0.3) is 0 Å². The molecule has 0 spiro atoms. The number of alkyl halides is 3. The standard InChI is InChI=1S/C9H8BrF3O2/c10-7-1-2-8(6(3-7)4-14)15-5-9(11,12)13/h1-3,14H,4-5H2. The smallest absolute Gasteiger partial charge is 0.422 e. The molecule has 0 bridgehead atoms. The molecule has 0 aliphatic carbocycles. The van der Waals surface area contributed by atoms with Crippen LogP contribution in [0.25, 0.3) is 0 Å². The number of aliphatic hydroxyl groups is 1. The van der Waals surface area contributed by atoms with Crippen molar-refractivity contribution < 1.29 is 23.0 Å². The molecule has 1 rings (SSSR count). The third-order valence-corrected chi connectivity index (χ3v) is 2.08. The summed E-state index contributed by atoms with van der Waals surface area (Å²) in [7, 11) is 0. The van der Waals surface area contributed by atoms with Crippen molar-refractivity contribution in [1.29, 1.82) is 0 Å². The van der Waals surface area contributed by atoms with E-state index in [2.05, 4.69) is 20.7 Å². The first-order valence-electron chi connectivity index (χ1n) is 4.01. The Bertz CT molecular complexity index is 339. The second kappa shape index (κ2) is 4.85. The molecule has 1 N–H and O–H groups in total. The number of halogens is 4. The summed E-state index contributed by atoms with van der Waals surface area (Å²) in [5.74, 6) is 0.0398. The van der Waals surface area contributed by atoms with E-state index in [4.69, 9.17) is 5.11 Å². The zero-order valence-corrected chi connectivity index (χ0v) is 9.10. The van der Waals surface area contributed by atoms with Gasteiger partial charge in [0, 0.05) is 10.0 Å². The molecule has 0 unspecified atom stereocenters. The van der Waals surface area contributed by atoms with Crippen LogP contribution in [0.2, 0.25) is 0 Å². The van der Waals surface area contributed by atoms with E-state index in [9.17, 15) is 13.2 Å². The molecule has 0 aromatic heterocycles. The molecule has 0 fully saturated rings. The predicted octanol–water partition coefficient (Wildman–Crippen LogP) is 2.88. The zero-order chi connectivity index (χ0) is 11.5. The lowest BCUT2D eigenvalue weighted by molar-refractivity contribution is -0.153. The Morgan fingerprint density at radius 1 is 1.33 bits per heavy atom. The molecule has 0 heterocycles. The van der Waals surface area contributed by atoms with E-state index < -0.39 is 12.8 Å². The van der Waals surface area contributed by atoms with E-state index in [1.54, 1.807) is 6.07 Å². The fourth-order valence-corrected chi connectivity index (χ4v) is 1.38. The van der Waals surface area contributed by atoms with Gasteiger partial charge in [-0.1, -0.05) is 15.9 Å². The maximum absolute atomic E-state index is 11.9. The van der Waals surface area contributed by atoms with Crippen LogP contribution in [0.1, 0.15) is 5.56 Å². The molecule has 0 amide bonds. The van der Waals surface area contributed by atoms with E-state index >= 15 is 0 Å². The average Bonchev–Trinajstić information content (AvgIpc) is 2.14. The van der Waals surface area contributed by atoms with Crippen LogP contribution in [0.15, 0.2) is 22.7 Å². The first kappa shape index (κ1) is 12.3. The SMILES string of the molecule is OCc1cc(Br)ccc1OCC(F)(F)F. The zero-order valence-electron chi connectivity index (χ0n) is 7.51. The molecule has 0 radical (unpaired) electrons. The molecule has 0 aliphatic heterocycles. The molecule has 0 saturated heterocycles. The minimum absolute atomic E-state index is 0.0398. The highest BCUT2D eigenvalue weighted by Crippen LogP contribution is 2.25. The first-order chi connectivity index (χ1) is 6.92. The summed E-state index contributed by atoms with van der Waals surface area (Å²) >= 11 is 3.14. The van der Waals surface area contributed by atoms with E-state index in [1.807, 2.05) is 0 Å². The maximum atomic E-state index is 11.9. The van der Waals surface area contributed by atoms with Crippen LogP contribution < -0.4 is 4.74 Å². The summed E-state index contributed by atoms with van der Waals surface area (Å²) in [6.45, 7) is -1.73.